The molecular weight excluding hydrogens is 240 g/mol. The van der Waals surface area contributed by atoms with Gasteiger partial charge in [0, 0.05) is 33.7 Å². The van der Waals surface area contributed by atoms with E-state index in [0.29, 0.717) is 13.1 Å². The first-order chi connectivity index (χ1) is 8.88. The zero-order valence-corrected chi connectivity index (χ0v) is 13.3. The molecule has 0 spiro atoms. The molecule has 112 valence electrons. The number of carbonyl (C=O) groups excluding carboxylic acids is 1. The van der Waals surface area contributed by atoms with Gasteiger partial charge in [-0.3, -0.25) is 9.79 Å². The van der Waals surface area contributed by atoms with E-state index < -0.39 is 5.41 Å². The van der Waals surface area contributed by atoms with Crippen LogP contribution in [-0.2, 0) is 4.79 Å². The monoisotopic (exact) mass is 270 g/mol. The molecule has 0 rings (SSSR count). The van der Waals surface area contributed by atoms with Crippen LogP contribution in [0.25, 0.3) is 0 Å². The molecule has 0 aromatic heterocycles. The molecule has 0 saturated carbocycles. The molecule has 0 fully saturated rings. The smallest absolute Gasteiger partial charge is 0.227 e. The Morgan fingerprint density at radius 1 is 1.26 bits per heavy atom. The number of guanidine groups is 1. The Bertz CT molecular complexity index is 300. The van der Waals surface area contributed by atoms with E-state index >= 15 is 0 Å². The van der Waals surface area contributed by atoms with Crippen molar-refractivity contribution in [1.29, 1.82) is 0 Å². The number of carbonyl (C=O) groups is 1. The number of hydrogen-bond donors (Lipinski definition) is 2. The maximum atomic E-state index is 11.9. The number of nitrogens with one attached hydrogen (secondary N) is 2. The second-order valence-corrected chi connectivity index (χ2v) is 5.42. The van der Waals surface area contributed by atoms with Crippen molar-refractivity contribution in [1.82, 2.24) is 15.5 Å². The first kappa shape index (κ1) is 17.7. The predicted octanol–water partition coefficient (Wildman–Crippen LogP) is 1.46. The lowest BCUT2D eigenvalue weighted by Gasteiger charge is -2.28. The molecule has 2 N–H and O–H groups in total. The van der Waals surface area contributed by atoms with E-state index in [1.165, 1.54) is 0 Å². The second kappa shape index (κ2) is 8.77. The largest absolute Gasteiger partial charge is 0.356 e. The number of amides is 1. The maximum Gasteiger partial charge on any atom is 0.227 e. The van der Waals surface area contributed by atoms with Crippen LogP contribution < -0.4 is 10.6 Å². The number of aliphatic imine (C=N–C) groups is 1. The summed E-state index contributed by atoms with van der Waals surface area (Å²) in [5, 5.41) is 6.13. The highest BCUT2D eigenvalue weighted by molar-refractivity contribution is 5.84. The van der Waals surface area contributed by atoms with Crippen LogP contribution in [0.5, 0.6) is 0 Å². The average molecular weight is 270 g/mol. The molecule has 5 heteroatoms. The van der Waals surface area contributed by atoms with E-state index in [1.807, 2.05) is 27.8 Å². The lowest BCUT2D eigenvalue weighted by Crippen LogP contribution is -2.48. The summed E-state index contributed by atoms with van der Waals surface area (Å²) in [6, 6.07) is 0. The van der Waals surface area contributed by atoms with Gasteiger partial charge < -0.3 is 15.5 Å². The summed E-state index contributed by atoms with van der Waals surface area (Å²) < 4.78 is 0. The molecule has 0 radical (unpaired) electrons. The van der Waals surface area contributed by atoms with Crippen molar-refractivity contribution < 1.29 is 4.79 Å². The molecule has 0 aromatic rings. The summed E-state index contributed by atoms with van der Waals surface area (Å²) in [4.78, 5) is 18.2. The average Bonchev–Trinajstić information content (AvgIpc) is 2.37. The summed E-state index contributed by atoms with van der Waals surface area (Å²) in [6.45, 7) is 10.2. The van der Waals surface area contributed by atoms with Gasteiger partial charge >= 0.3 is 0 Å². The Labute approximate surface area is 117 Å². The van der Waals surface area contributed by atoms with E-state index in [4.69, 9.17) is 0 Å². The number of hydrogen-bond acceptors (Lipinski definition) is 2. The highest BCUT2D eigenvalue weighted by atomic mass is 16.2. The van der Waals surface area contributed by atoms with Crippen molar-refractivity contribution in [2.24, 2.45) is 10.4 Å². The van der Waals surface area contributed by atoms with Gasteiger partial charge in [0.2, 0.25) is 5.91 Å². The lowest BCUT2D eigenvalue weighted by atomic mass is 9.92. The summed E-state index contributed by atoms with van der Waals surface area (Å²) >= 11 is 0. The van der Waals surface area contributed by atoms with Gasteiger partial charge in [0.05, 0.1) is 5.41 Å². The molecule has 0 aliphatic heterocycles. The van der Waals surface area contributed by atoms with Crippen molar-refractivity contribution in [2.75, 3.05) is 33.7 Å². The maximum absolute atomic E-state index is 11.9. The first-order valence-corrected chi connectivity index (χ1v) is 7.09. The van der Waals surface area contributed by atoms with E-state index in [-0.39, 0.29) is 5.91 Å². The van der Waals surface area contributed by atoms with Gasteiger partial charge in [-0.1, -0.05) is 13.3 Å². The summed E-state index contributed by atoms with van der Waals surface area (Å²) in [7, 11) is 3.79. The van der Waals surface area contributed by atoms with Gasteiger partial charge in [-0.25, -0.2) is 0 Å². The van der Waals surface area contributed by atoms with Crippen LogP contribution in [0.15, 0.2) is 4.99 Å². The minimum Gasteiger partial charge on any atom is -0.356 e. The van der Waals surface area contributed by atoms with Crippen molar-refractivity contribution in [3.05, 3.63) is 0 Å². The Balaban J connectivity index is 4.38. The van der Waals surface area contributed by atoms with Gasteiger partial charge in [-0.2, -0.15) is 0 Å². The van der Waals surface area contributed by atoms with Crippen molar-refractivity contribution >= 4 is 11.9 Å². The van der Waals surface area contributed by atoms with Gasteiger partial charge in [0.15, 0.2) is 5.96 Å². The molecule has 0 saturated heterocycles. The molecule has 0 unspecified atom stereocenters. The normalized spacial score (nSPS) is 12.2. The van der Waals surface area contributed by atoms with Gasteiger partial charge in [-0.15, -0.1) is 0 Å². The second-order valence-electron chi connectivity index (χ2n) is 5.42. The zero-order valence-electron chi connectivity index (χ0n) is 13.3. The minimum atomic E-state index is -0.447. The molecule has 0 bridgehead atoms. The fourth-order valence-electron chi connectivity index (χ4n) is 1.67. The molecule has 1 amide bonds. The molecule has 0 aromatic carbocycles. The lowest BCUT2D eigenvalue weighted by molar-refractivity contribution is -0.128. The van der Waals surface area contributed by atoms with E-state index in [9.17, 15) is 4.79 Å². The van der Waals surface area contributed by atoms with Gasteiger partial charge in [0.25, 0.3) is 0 Å². The van der Waals surface area contributed by atoms with Crippen LogP contribution in [0.4, 0.5) is 0 Å². The standard InChI is InChI=1S/C14H30N4O/c1-7-9-10-18(6)13(15-5)17-11-14(3,4)12(19)16-8-2/h7-11H2,1-6H3,(H,15,17)(H,16,19). The van der Waals surface area contributed by atoms with Crippen LogP contribution in [0.1, 0.15) is 40.5 Å². The third-order valence-electron chi connectivity index (χ3n) is 3.06. The molecule has 0 aliphatic rings. The van der Waals surface area contributed by atoms with Gasteiger partial charge in [0.1, 0.15) is 0 Å². The molecule has 0 aliphatic carbocycles. The topological polar surface area (TPSA) is 56.7 Å². The van der Waals surface area contributed by atoms with Crippen molar-refractivity contribution in [2.45, 2.75) is 40.5 Å². The van der Waals surface area contributed by atoms with E-state index in [1.54, 1.807) is 7.05 Å². The Hall–Kier alpha value is -1.26. The first-order valence-electron chi connectivity index (χ1n) is 7.09. The highest BCUT2D eigenvalue weighted by Crippen LogP contribution is 2.13. The van der Waals surface area contributed by atoms with E-state index in [2.05, 4.69) is 27.4 Å². The van der Waals surface area contributed by atoms with Crippen molar-refractivity contribution in [3.63, 3.8) is 0 Å². The summed E-state index contributed by atoms with van der Waals surface area (Å²) in [6.07, 6.45) is 2.29. The predicted molar refractivity (Wildman–Crippen MR) is 81.4 cm³/mol. The molecular formula is C14H30N4O. The van der Waals surface area contributed by atoms with Crippen LogP contribution in [0, 0.1) is 5.41 Å². The minimum absolute atomic E-state index is 0.0640. The number of unbranched alkanes of at least 4 members (excludes halogenated alkanes) is 1. The quantitative estimate of drug-likeness (QED) is 0.544. The number of nitrogens with zero attached hydrogens (tertiary/aromatic N) is 2. The third-order valence-corrected chi connectivity index (χ3v) is 3.06. The van der Waals surface area contributed by atoms with Gasteiger partial charge in [-0.05, 0) is 27.2 Å². The molecule has 0 heterocycles. The fourth-order valence-corrected chi connectivity index (χ4v) is 1.67. The fraction of sp³-hybridized carbons (Fsp3) is 0.857. The number of rotatable bonds is 7. The SMILES string of the molecule is CCCCN(C)C(=NC)NCC(C)(C)C(=O)NCC. The summed E-state index contributed by atoms with van der Waals surface area (Å²) in [5.41, 5.74) is -0.447. The van der Waals surface area contributed by atoms with Crippen LogP contribution >= 0.6 is 0 Å². The third kappa shape index (κ3) is 6.45. The Kier molecular flexibility index (Phi) is 8.19. The molecule has 5 nitrogen and oxygen atoms in total. The van der Waals surface area contributed by atoms with Crippen LogP contribution in [-0.4, -0.2) is 50.5 Å². The van der Waals surface area contributed by atoms with Crippen LogP contribution in [0.2, 0.25) is 0 Å². The van der Waals surface area contributed by atoms with Crippen LogP contribution in [0.3, 0.4) is 0 Å². The van der Waals surface area contributed by atoms with E-state index in [0.717, 1.165) is 25.3 Å². The zero-order chi connectivity index (χ0) is 14.9. The van der Waals surface area contributed by atoms with Crippen molar-refractivity contribution in [3.8, 4) is 0 Å². The highest BCUT2D eigenvalue weighted by Gasteiger charge is 2.27. The Morgan fingerprint density at radius 2 is 1.89 bits per heavy atom. The molecule has 19 heavy (non-hydrogen) atoms. The molecule has 0 atom stereocenters. The Morgan fingerprint density at radius 3 is 2.37 bits per heavy atom. The summed E-state index contributed by atoms with van der Waals surface area (Å²) in [5.74, 6) is 0.903.